The van der Waals surface area contributed by atoms with E-state index in [0.717, 1.165) is 0 Å². The monoisotopic (exact) mass is 402 g/mol. The zero-order valence-electron chi connectivity index (χ0n) is 16.8. The summed E-state index contributed by atoms with van der Waals surface area (Å²) >= 11 is 0. The lowest BCUT2D eigenvalue weighted by Gasteiger charge is -2.21. The molecule has 1 rings (SSSR count). The number of hydrogen-bond acceptors (Lipinski definition) is 6. The van der Waals surface area contributed by atoms with Crippen molar-refractivity contribution in [2.24, 2.45) is 0 Å². The second kappa shape index (κ2) is 10.6. The minimum absolute atomic E-state index is 0.0892. The van der Waals surface area contributed by atoms with E-state index in [1.807, 2.05) is 6.92 Å². The van der Waals surface area contributed by atoms with Crippen molar-refractivity contribution in [2.75, 3.05) is 38.7 Å². The molecular formula is C18H30N2O6S. The molecule has 0 saturated carbocycles. The first-order chi connectivity index (χ1) is 12.7. The minimum atomic E-state index is -3.54. The van der Waals surface area contributed by atoms with Gasteiger partial charge in [-0.3, -0.25) is 4.79 Å². The fourth-order valence-corrected chi connectivity index (χ4v) is 3.89. The summed E-state index contributed by atoms with van der Waals surface area (Å²) in [7, 11) is -3.54. The summed E-state index contributed by atoms with van der Waals surface area (Å²) in [4.78, 5) is 27.7. The summed E-state index contributed by atoms with van der Waals surface area (Å²) in [5.74, 6) is -0.981. The van der Waals surface area contributed by atoms with Crippen LogP contribution in [0.3, 0.4) is 0 Å². The molecule has 1 aromatic rings. The molecule has 8 nitrogen and oxygen atoms in total. The molecule has 0 fully saturated rings. The lowest BCUT2D eigenvalue weighted by Crippen LogP contribution is -2.38. The molecule has 1 heterocycles. The van der Waals surface area contributed by atoms with Crippen LogP contribution in [0.1, 0.15) is 59.3 Å². The van der Waals surface area contributed by atoms with Crippen molar-refractivity contribution in [3.8, 4) is 0 Å². The standard InChI is InChI=1S/C18H30N2O6S/c1-6-25-11-9-10-20(27(23,24)8-3)12-15(21)16-13(4)17(19-14(16)5)18(22)26-7-2/h19H,6-12H2,1-5H3. The summed E-state index contributed by atoms with van der Waals surface area (Å²) < 4.78 is 36.1. The molecule has 1 N–H and O–H groups in total. The highest BCUT2D eigenvalue weighted by Crippen LogP contribution is 2.20. The van der Waals surface area contributed by atoms with Gasteiger partial charge in [-0.2, -0.15) is 4.31 Å². The third kappa shape index (κ3) is 6.15. The van der Waals surface area contributed by atoms with Gasteiger partial charge in [-0.05, 0) is 46.6 Å². The van der Waals surface area contributed by atoms with Crippen molar-refractivity contribution in [3.05, 3.63) is 22.5 Å². The van der Waals surface area contributed by atoms with Crippen LogP contribution >= 0.6 is 0 Å². The molecule has 154 valence electrons. The van der Waals surface area contributed by atoms with Crippen LogP contribution in [0.2, 0.25) is 0 Å². The van der Waals surface area contributed by atoms with Gasteiger partial charge < -0.3 is 14.5 Å². The van der Waals surface area contributed by atoms with E-state index in [1.54, 1.807) is 27.7 Å². The van der Waals surface area contributed by atoms with E-state index in [9.17, 15) is 18.0 Å². The van der Waals surface area contributed by atoms with Gasteiger partial charge in [0.05, 0.1) is 18.9 Å². The van der Waals surface area contributed by atoms with E-state index in [4.69, 9.17) is 9.47 Å². The molecule has 0 saturated heterocycles. The Hall–Kier alpha value is -1.71. The lowest BCUT2D eigenvalue weighted by atomic mass is 10.1. The minimum Gasteiger partial charge on any atom is -0.461 e. The van der Waals surface area contributed by atoms with Crippen LogP contribution in [0, 0.1) is 13.8 Å². The van der Waals surface area contributed by atoms with E-state index in [-0.39, 0.29) is 36.9 Å². The van der Waals surface area contributed by atoms with Crippen molar-refractivity contribution in [1.29, 1.82) is 0 Å². The van der Waals surface area contributed by atoms with E-state index in [2.05, 4.69) is 4.98 Å². The van der Waals surface area contributed by atoms with Crippen molar-refractivity contribution in [2.45, 2.75) is 41.0 Å². The van der Waals surface area contributed by atoms with Crippen LogP contribution in [0.5, 0.6) is 0 Å². The number of ketones is 1. The largest absolute Gasteiger partial charge is 0.461 e. The molecule has 1 aromatic heterocycles. The van der Waals surface area contributed by atoms with Crippen LogP contribution in [0.15, 0.2) is 0 Å². The Bertz CT molecular complexity index is 754. The van der Waals surface area contributed by atoms with Crippen LogP contribution in [0.4, 0.5) is 0 Å². The SMILES string of the molecule is CCOCCCN(CC(=O)c1c(C)[nH]c(C(=O)OCC)c1C)S(=O)(=O)CC. The number of sulfonamides is 1. The molecule has 0 aromatic carbocycles. The first-order valence-electron chi connectivity index (χ1n) is 9.14. The molecule has 0 aliphatic carbocycles. The van der Waals surface area contributed by atoms with Crippen LogP contribution < -0.4 is 0 Å². The molecule has 0 amide bonds. The van der Waals surface area contributed by atoms with Crippen LogP contribution in [-0.2, 0) is 19.5 Å². The lowest BCUT2D eigenvalue weighted by molar-refractivity contribution is 0.0519. The first kappa shape index (κ1) is 23.3. The predicted octanol–water partition coefficient (Wildman–Crippen LogP) is 2.07. The van der Waals surface area contributed by atoms with E-state index in [1.165, 1.54) is 4.31 Å². The smallest absolute Gasteiger partial charge is 0.355 e. The number of esters is 1. The Balaban J connectivity index is 3.03. The molecule has 0 radical (unpaired) electrons. The van der Waals surface area contributed by atoms with Gasteiger partial charge in [0.2, 0.25) is 10.0 Å². The maximum Gasteiger partial charge on any atom is 0.355 e. The number of aromatic amines is 1. The zero-order chi connectivity index (χ0) is 20.6. The zero-order valence-corrected chi connectivity index (χ0v) is 17.6. The summed E-state index contributed by atoms with van der Waals surface area (Å²) in [5.41, 5.74) is 1.54. The van der Waals surface area contributed by atoms with Crippen molar-refractivity contribution < 1.29 is 27.5 Å². The van der Waals surface area contributed by atoms with Gasteiger partial charge in [-0.1, -0.05) is 0 Å². The van der Waals surface area contributed by atoms with Crippen molar-refractivity contribution in [1.82, 2.24) is 9.29 Å². The van der Waals surface area contributed by atoms with E-state index < -0.39 is 16.0 Å². The Kier molecular flexibility index (Phi) is 9.14. The topological polar surface area (TPSA) is 106 Å². The average Bonchev–Trinajstić information content (AvgIpc) is 2.92. The van der Waals surface area contributed by atoms with Crippen molar-refractivity contribution >= 4 is 21.8 Å². The Morgan fingerprint density at radius 2 is 1.78 bits per heavy atom. The van der Waals surface area contributed by atoms with Crippen LogP contribution in [0.25, 0.3) is 0 Å². The molecule has 0 atom stereocenters. The number of H-pyrrole nitrogens is 1. The number of aryl methyl sites for hydroxylation is 1. The first-order valence-corrected chi connectivity index (χ1v) is 10.7. The molecule has 0 unspecified atom stereocenters. The number of nitrogens with zero attached hydrogens (tertiary/aromatic N) is 1. The second-order valence-corrected chi connectivity index (χ2v) is 8.31. The average molecular weight is 403 g/mol. The Labute approximate surface area is 161 Å². The van der Waals surface area contributed by atoms with Gasteiger partial charge >= 0.3 is 5.97 Å². The normalized spacial score (nSPS) is 11.8. The van der Waals surface area contributed by atoms with Gasteiger partial charge in [-0.25, -0.2) is 13.2 Å². The number of carbonyl (C=O) groups excluding carboxylic acids is 2. The quantitative estimate of drug-likeness (QED) is 0.326. The number of rotatable bonds is 12. The summed E-state index contributed by atoms with van der Waals surface area (Å²) in [6.07, 6.45) is 0.500. The molecule has 27 heavy (non-hydrogen) atoms. The highest BCUT2D eigenvalue weighted by molar-refractivity contribution is 7.89. The van der Waals surface area contributed by atoms with Gasteiger partial charge in [0.15, 0.2) is 5.78 Å². The van der Waals surface area contributed by atoms with Crippen molar-refractivity contribution in [3.63, 3.8) is 0 Å². The third-order valence-corrected chi connectivity index (χ3v) is 6.00. The number of hydrogen-bond donors (Lipinski definition) is 1. The number of ether oxygens (including phenoxy) is 2. The van der Waals surface area contributed by atoms with E-state index in [0.29, 0.717) is 36.5 Å². The summed E-state index contributed by atoms with van der Waals surface area (Å²) in [5, 5.41) is 0. The fraction of sp³-hybridized carbons (Fsp3) is 0.667. The number of nitrogens with one attached hydrogen (secondary N) is 1. The highest BCUT2D eigenvalue weighted by Gasteiger charge is 2.27. The molecular weight excluding hydrogens is 372 g/mol. The maximum absolute atomic E-state index is 12.8. The molecule has 0 spiro atoms. The number of carbonyl (C=O) groups is 2. The van der Waals surface area contributed by atoms with Gasteiger partial charge in [0.25, 0.3) is 0 Å². The third-order valence-electron chi connectivity index (χ3n) is 4.17. The number of aromatic nitrogens is 1. The number of Topliss-reactive ketones (excluding diaryl/α,β-unsaturated/α-hetero) is 1. The van der Waals surface area contributed by atoms with Gasteiger partial charge in [0.1, 0.15) is 5.69 Å². The van der Waals surface area contributed by atoms with Gasteiger partial charge in [-0.15, -0.1) is 0 Å². The van der Waals surface area contributed by atoms with Crippen LogP contribution in [-0.4, -0.2) is 68.1 Å². The molecule has 0 aliphatic rings. The highest BCUT2D eigenvalue weighted by atomic mass is 32.2. The predicted molar refractivity (Wildman–Crippen MR) is 103 cm³/mol. The summed E-state index contributed by atoms with van der Waals surface area (Å²) in [6.45, 7) is 9.57. The molecule has 0 bridgehead atoms. The fourth-order valence-electron chi connectivity index (χ4n) is 2.80. The Morgan fingerprint density at radius 1 is 1.11 bits per heavy atom. The maximum atomic E-state index is 12.8. The van der Waals surface area contributed by atoms with E-state index >= 15 is 0 Å². The molecule has 0 aliphatic heterocycles. The Morgan fingerprint density at radius 3 is 2.33 bits per heavy atom. The second-order valence-electron chi connectivity index (χ2n) is 6.05. The summed E-state index contributed by atoms with van der Waals surface area (Å²) in [6, 6.07) is 0. The van der Waals surface area contributed by atoms with Gasteiger partial charge in [0, 0.05) is 31.0 Å². The molecule has 9 heteroatoms.